The fourth-order valence-corrected chi connectivity index (χ4v) is 5.28. The summed E-state index contributed by atoms with van der Waals surface area (Å²) in [4.78, 5) is 13.8. The van der Waals surface area contributed by atoms with Crippen LogP contribution in [0, 0.1) is 6.92 Å². The molecule has 9 nitrogen and oxygen atoms in total. The van der Waals surface area contributed by atoms with Gasteiger partial charge < -0.3 is 5.32 Å². The van der Waals surface area contributed by atoms with Gasteiger partial charge in [-0.1, -0.05) is 42.3 Å². The Kier molecular flexibility index (Phi) is 6.54. The van der Waals surface area contributed by atoms with Crippen LogP contribution in [0.4, 0.5) is 5.69 Å². The molecule has 0 spiro atoms. The summed E-state index contributed by atoms with van der Waals surface area (Å²) >= 11 is 6.21. The minimum Gasteiger partial charge on any atom is -0.323 e. The first-order chi connectivity index (χ1) is 15.3. The number of sulfonamides is 1. The van der Waals surface area contributed by atoms with Gasteiger partial charge in [-0.2, -0.15) is 9.10 Å². The van der Waals surface area contributed by atoms with Crippen LogP contribution >= 0.6 is 11.6 Å². The lowest BCUT2D eigenvalue weighted by molar-refractivity contribution is -0.117. The Balaban J connectivity index is 1.48. The van der Waals surface area contributed by atoms with Crippen LogP contribution in [0.15, 0.2) is 47.4 Å². The van der Waals surface area contributed by atoms with Gasteiger partial charge in [0.05, 0.1) is 15.6 Å². The van der Waals surface area contributed by atoms with E-state index in [1.165, 1.54) is 27.3 Å². The molecule has 11 heteroatoms. The van der Waals surface area contributed by atoms with Crippen LogP contribution in [0.25, 0.3) is 11.4 Å². The topological polar surface area (TPSA) is 110 Å². The number of piperidine rings is 1. The normalized spacial score (nSPS) is 14.9. The van der Waals surface area contributed by atoms with E-state index in [1.807, 2.05) is 31.2 Å². The summed E-state index contributed by atoms with van der Waals surface area (Å²) in [6.45, 7) is 2.73. The first kappa shape index (κ1) is 22.4. The number of rotatable bonds is 6. The van der Waals surface area contributed by atoms with Gasteiger partial charge in [0.1, 0.15) is 6.54 Å². The van der Waals surface area contributed by atoms with Crippen LogP contribution in [0.1, 0.15) is 24.8 Å². The van der Waals surface area contributed by atoms with Crippen LogP contribution in [0.3, 0.4) is 0 Å². The monoisotopic (exact) mass is 474 g/mol. The minimum atomic E-state index is -3.64. The number of hydrogen-bond donors (Lipinski definition) is 1. The Morgan fingerprint density at radius 2 is 1.88 bits per heavy atom. The molecule has 1 aromatic heterocycles. The zero-order chi connectivity index (χ0) is 22.7. The van der Waals surface area contributed by atoms with Crippen LogP contribution in [0.2, 0.25) is 5.02 Å². The van der Waals surface area contributed by atoms with Crippen LogP contribution in [-0.4, -0.2) is 51.9 Å². The Labute approximate surface area is 191 Å². The van der Waals surface area contributed by atoms with Gasteiger partial charge in [0.25, 0.3) is 0 Å². The zero-order valence-electron chi connectivity index (χ0n) is 17.5. The first-order valence-corrected chi connectivity index (χ1v) is 12.1. The highest BCUT2D eigenvalue weighted by Gasteiger charge is 2.26. The van der Waals surface area contributed by atoms with Gasteiger partial charge in [-0.15, -0.1) is 10.2 Å². The number of aromatic nitrogens is 4. The number of tetrazole rings is 1. The molecule has 0 bridgehead atoms. The van der Waals surface area contributed by atoms with Crippen LogP contribution in [0.5, 0.6) is 0 Å². The molecule has 4 rings (SSSR count). The summed E-state index contributed by atoms with van der Waals surface area (Å²) < 4.78 is 27.3. The summed E-state index contributed by atoms with van der Waals surface area (Å²) in [6.07, 6.45) is 2.70. The molecule has 3 aromatic rings. The second-order valence-electron chi connectivity index (χ2n) is 7.61. The van der Waals surface area contributed by atoms with Gasteiger partial charge in [-0.25, -0.2) is 8.42 Å². The Bertz CT molecular complexity index is 1240. The van der Waals surface area contributed by atoms with E-state index in [4.69, 9.17) is 11.6 Å². The third-order valence-electron chi connectivity index (χ3n) is 5.29. The second kappa shape index (κ2) is 9.35. The molecule has 1 N–H and O–H groups in total. The van der Waals surface area contributed by atoms with Gasteiger partial charge in [0, 0.05) is 18.7 Å². The molecule has 0 unspecified atom stereocenters. The molecule has 0 aliphatic carbocycles. The smallest absolute Gasteiger partial charge is 0.248 e. The number of aryl methyl sites for hydroxylation is 1. The highest BCUT2D eigenvalue weighted by molar-refractivity contribution is 7.89. The predicted molar refractivity (Wildman–Crippen MR) is 121 cm³/mol. The Morgan fingerprint density at radius 3 is 2.62 bits per heavy atom. The number of halogens is 1. The maximum Gasteiger partial charge on any atom is 0.248 e. The fraction of sp³-hybridized carbons (Fsp3) is 0.333. The quantitative estimate of drug-likeness (QED) is 0.587. The summed E-state index contributed by atoms with van der Waals surface area (Å²) in [6, 6.07) is 11.9. The average Bonchev–Trinajstić information content (AvgIpc) is 3.24. The van der Waals surface area contributed by atoms with E-state index < -0.39 is 15.9 Å². The van der Waals surface area contributed by atoms with Crippen molar-refractivity contribution in [3.05, 3.63) is 53.1 Å². The van der Waals surface area contributed by atoms with Crippen molar-refractivity contribution in [2.24, 2.45) is 0 Å². The molecular formula is C21H23ClN6O3S. The van der Waals surface area contributed by atoms with Gasteiger partial charge in [0.15, 0.2) is 0 Å². The lowest BCUT2D eigenvalue weighted by Gasteiger charge is -2.26. The number of benzene rings is 2. The third-order valence-corrected chi connectivity index (χ3v) is 7.51. The van der Waals surface area contributed by atoms with E-state index >= 15 is 0 Å². The van der Waals surface area contributed by atoms with E-state index in [1.54, 1.807) is 0 Å². The van der Waals surface area contributed by atoms with Gasteiger partial charge in [-0.3, -0.25) is 4.79 Å². The molecule has 1 fully saturated rings. The van der Waals surface area contributed by atoms with E-state index in [2.05, 4.69) is 20.7 Å². The SMILES string of the molecule is Cc1ccccc1-c1nnn(CC(=O)Nc2cc(S(=O)(=O)N3CCCCC3)ccc2Cl)n1. The van der Waals surface area contributed by atoms with Crippen molar-refractivity contribution in [2.75, 3.05) is 18.4 Å². The minimum absolute atomic E-state index is 0.0971. The van der Waals surface area contributed by atoms with E-state index in [-0.39, 0.29) is 22.2 Å². The average molecular weight is 475 g/mol. The number of nitrogens with one attached hydrogen (secondary N) is 1. The van der Waals surface area contributed by atoms with Crippen molar-refractivity contribution < 1.29 is 13.2 Å². The van der Waals surface area contributed by atoms with Gasteiger partial charge in [0.2, 0.25) is 21.8 Å². The standard InChI is InChI=1S/C21H23ClN6O3S/c1-15-7-3-4-8-17(15)21-24-26-28(25-21)14-20(29)23-19-13-16(9-10-18(19)22)32(30,31)27-11-5-2-6-12-27/h3-4,7-10,13H,2,5-6,11-12,14H2,1H3,(H,23,29). The molecule has 2 heterocycles. The van der Waals surface area contributed by atoms with Crippen molar-refractivity contribution in [2.45, 2.75) is 37.6 Å². The molecule has 1 amide bonds. The zero-order valence-corrected chi connectivity index (χ0v) is 19.1. The fourth-order valence-electron chi connectivity index (χ4n) is 3.57. The van der Waals surface area contributed by atoms with Crippen molar-refractivity contribution >= 4 is 33.2 Å². The molecule has 1 aliphatic rings. The summed E-state index contributed by atoms with van der Waals surface area (Å²) in [7, 11) is -3.64. The summed E-state index contributed by atoms with van der Waals surface area (Å²) in [5, 5.41) is 15.1. The summed E-state index contributed by atoms with van der Waals surface area (Å²) in [5.41, 5.74) is 2.04. The maximum absolute atomic E-state index is 12.9. The molecule has 0 radical (unpaired) electrons. The van der Waals surface area contributed by atoms with Crippen LogP contribution < -0.4 is 5.32 Å². The van der Waals surface area contributed by atoms with Gasteiger partial charge >= 0.3 is 0 Å². The molecule has 168 valence electrons. The number of nitrogens with zero attached hydrogens (tertiary/aromatic N) is 5. The molecule has 0 atom stereocenters. The van der Waals surface area contributed by atoms with Crippen LogP contribution in [-0.2, 0) is 21.4 Å². The van der Waals surface area contributed by atoms with Crippen molar-refractivity contribution in [3.63, 3.8) is 0 Å². The largest absolute Gasteiger partial charge is 0.323 e. The predicted octanol–water partition coefficient (Wildman–Crippen LogP) is 3.12. The molecule has 0 saturated carbocycles. The number of carbonyl (C=O) groups excluding carboxylic acids is 1. The van der Waals surface area contributed by atoms with Crippen molar-refractivity contribution in [1.82, 2.24) is 24.5 Å². The first-order valence-electron chi connectivity index (χ1n) is 10.3. The summed E-state index contributed by atoms with van der Waals surface area (Å²) in [5.74, 6) is -0.0308. The molecular weight excluding hydrogens is 452 g/mol. The number of anilines is 1. The van der Waals surface area contributed by atoms with E-state index in [0.717, 1.165) is 30.4 Å². The van der Waals surface area contributed by atoms with Crippen molar-refractivity contribution in [1.29, 1.82) is 0 Å². The second-order valence-corrected chi connectivity index (χ2v) is 9.96. The molecule has 1 aliphatic heterocycles. The van der Waals surface area contributed by atoms with E-state index in [9.17, 15) is 13.2 Å². The Hall–Kier alpha value is -2.82. The third kappa shape index (κ3) is 4.82. The molecule has 2 aromatic carbocycles. The number of carbonyl (C=O) groups is 1. The maximum atomic E-state index is 12.9. The Morgan fingerprint density at radius 1 is 1.12 bits per heavy atom. The van der Waals surface area contributed by atoms with Crippen molar-refractivity contribution in [3.8, 4) is 11.4 Å². The molecule has 1 saturated heterocycles. The van der Waals surface area contributed by atoms with E-state index in [0.29, 0.717) is 18.9 Å². The highest BCUT2D eigenvalue weighted by atomic mass is 35.5. The highest BCUT2D eigenvalue weighted by Crippen LogP contribution is 2.28. The molecule has 32 heavy (non-hydrogen) atoms. The number of amides is 1. The van der Waals surface area contributed by atoms with Gasteiger partial charge in [-0.05, 0) is 48.7 Å². The number of hydrogen-bond acceptors (Lipinski definition) is 6. The lowest BCUT2D eigenvalue weighted by Crippen LogP contribution is -2.35. The lowest BCUT2D eigenvalue weighted by atomic mass is 10.1.